The van der Waals surface area contributed by atoms with Gasteiger partial charge in [0.15, 0.2) is 11.2 Å². The predicted octanol–water partition coefficient (Wildman–Crippen LogP) is 2.21. The van der Waals surface area contributed by atoms with Crippen LogP contribution in [0.15, 0.2) is 33.5 Å². The molecule has 2 aromatic rings. The van der Waals surface area contributed by atoms with Gasteiger partial charge in [0.1, 0.15) is 11.4 Å². The van der Waals surface area contributed by atoms with Gasteiger partial charge in [-0.05, 0) is 31.0 Å². The molecule has 1 aromatic heterocycles. The largest absolute Gasteiger partial charge is 0.451 e. The number of aliphatic hydroxyl groups is 1. The molecule has 2 N–H and O–H groups in total. The van der Waals surface area contributed by atoms with E-state index < -0.39 is 23.3 Å². The molecule has 1 aromatic carbocycles. The number of nitrogens with one attached hydrogen (secondary N) is 1. The number of carbonyl (C=O) groups is 1. The molecule has 0 aliphatic heterocycles. The Kier molecular flexibility index (Phi) is 4.43. The van der Waals surface area contributed by atoms with Crippen LogP contribution in [0, 0.1) is 11.7 Å². The Bertz CT molecular complexity index is 786. The maximum Gasteiger partial charge on any atom is 0.287 e. The van der Waals surface area contributed by atoms with Gasteiger partial charge in [-0.2, -0.15) is 0 Å². The summed E-state index contributed by atoms with van der Waals surface area (Å²) in [6.07, 6.45) is 3.24. The number of aliphatic hydroxyl groups excluding tert-OH is 1. The zero-order chi connectivity index (χ0) is 16.4. The number of halogens is 1. The first-order chi connectivity index (χ1) is 11.0. The molecule has 1 fully saturated rings. The fourth-order valence-corrected chi connectivity index (χ4v) is 2.98. The highest BCUT2D eigenvalue weighted by atomic mass is 19.1. The molecular weight excluding hydrogens is 301 g/mol. The Morgan fingerprint density at radius 2 is 2.09 bits per heavy atom. The van der Waals surface area contributed by atoms with Gasteiger partial charge >= 0.3 is 0 Å². The number of fused-ring (bicyclic) bond motifs is 1. The van der Waals surface area contributed by atoms with E-state index in [0.29, 0.717) is 6.54 Å². The van der Waals surface area contributed by atoms with Crippen molar-refractivity contribution in [2.45, 2.75) is 31.8 Å². The quantitative estimate of drug-likeness (QED) is 0.909. The molecule has 0 radical (unpaired) electrons. The first kappa shape index (κ1) is 15.7. The third-order valence-electron chi connectivity index (χ3n) is 4.31. The van der Waals surface area contributed by atoms with Crippen LogP contribution in [0.25, 0.3) is 11.0 Å². The van der Waals surface area contributed by atoms with Gasteiger partial charge in [0.2, 0.25) is 0 Å². The molecule has 1 aliphatic rings. The van der Waals surface area contributed by atoms with Gasteiger partial charge in [0.05, 0.1) is 11.5 Å². The summed E-state index contributed by atoms with van der Waals surface area (Å²) < 4.78 is 18.5. The van der Waals surface area contributed by atoms with Crippen LogP contribution in [0.4, 0.5) is 4.39 Å². The Morgan fingerprint density at radius 1 is 1.30 bits per heavy atom. The van der Waals surface area contributed by atoms with E-state index in [1.807, 2.05) is 0 Å². The van der Waals surface area contributed by atoms with Crippen LogP contribution < -0.4 is 10.7 Å². The highest BCUT2D eigenvalue weighted by molar-refractivity contribution is 5.93. The first-order valence-corrected chi connectivity index (χ1v) is 7.74. The van der Waals surface area contributed by atoms with Crippen molar-refractivity contribution in [3.63, 3.8) is 0 Å². The second-order valence-electron chi connectivity index (χ2n) is 5.94. The van der Waals surface area contributed by atoms with Crippen LogP contribution in [-0.2, 0) is 0 Å². The topological polar surface area (TPSA) is 79.5 Å². The Morgan fingerprint density at radius 3 is 2.87 bits per heavy atom. The molecule has 23 heavy (non-hydrogen) atoms. The SMILES string of the molecule is O=C(NC[C@@H]1CCCC[C@@H]1O)c1cc(=O)c2cc(F)ccc2o1. The number of benzene rings is 1. The van der Waals surface area contributed by atoms with Crippen LogP contribution in [0.1, 0.15) is 36.2 Å². The summed E-state index contributed by atoms with van der Waals surface area (Å²) in [6.45, 7) is 0.338. The van der Waals surface area contributed by atoms with Gasteiger partial charge in [-0.1, -0.05) is 12.8 Å². The minimum atomic E-state index is -0.534. The van der Waals surface area contributed by atoms with E-state index in [1.54, 1.807) is 0 Å². The zero-order valence-electron chi connectivity index (χ0n) is 12.5. The summed E-state index contributed by atoms with van der Waals surface area (Å²) in [6, 6.07) is 4.65. The van der Waals surface area contributed by atoms with Crippen molar-refractivity contribution < 1.29 is 18.7 Å². The molecule has 0 bridgehead atoms. The van der Waals surface area contributed by atoms with Gasteiger partial charge in [0, 0.05) is 18.5 Å². The minimum Gasteiger partial charge on any atom is -0.451 e. The van der Waals surface area contributed by atoms with Crippen LogP contribution >= 0.6 is 0 Å². The van der Waals surface area contributed by atoms with E-state index in [9.17, 15) is 19.1 Å². The van der Waals surface area contributed by atoms with Crippen molar-refractivity contribution in [2.24, 2.45) is 5.92 Å². The molecule has 122 valence electrons. The Labute approximate surface area is 132 Å². The molecule has 2 atom stereocenters. The standard InChI is InChI=1S/C17H18FNO4/c18-11-5-6-15-12(7-11)14(21)8-16(23-15)17(22)19-9-10-3-1-2-4-13(10)20/h5-8,10,13,20H,1-4,9H2,(H,19,22)/t10-,13-/m0/s1. The van der Waals surface area contributed by atoms with E-state index in [4.69, 9.17) is 4.42 Å². The molecule has 0 unspecified atom stereocenters. The lowest BCUT2D eigenvalue weighted by molar-refractivity contribution is 0.0656. The fraction of sp³-hybridized carbons (Fsp3) is 0.412. The number of hydrogen-bond donors (Lipinski definition) is 2. The Hall–Kier alpha value is -2.21. The molecule has 1 saturated carbocycles. The number of amides is 1. The van der Waals surface area contributed by atoms with Crippen molar-refractivity contribution in [1.29, 1.82) is 0 Å². The van der Waals surface area contributed by atoms with Gasteiger partial charge in [-0.3, -0.25) is 9.59 Å². The first-order valence-electron chi connectivity index (χ1n) is 7.74. The minimum absolute atomic E-state index is 0.0222. The molecule has 0 saturated heterocycles. The maximum absolute atomic E-state index is 13.2. The summed E-state index contributed by atoms with van der Waals surface area (Å²) in [7, 11) is 0. The average Bonchev–Trinajstić information content (AvgIpc) is 2.54. The molecule has 6 heteroatoms. The number of rotatable bonds is 3. The molecule has 1 heterocycles. The van der Waals surface area contributed by atoms with Crippen molar-refractivity contribution in [3.8, 4) is 0 Å². The molecule has 3 rings (SSSR count). The summed E-state index contributed by atoms with van der Waals surface area (Å²) >= 11 is 0. The lowest BCUT2D eigenvalue weighted by Crippen LogP contribution is -2.36. The average molecular weight is 319 g/mol. The van der Waals surface area contributed by atoms with E-state index >= 15 is 0 Å². The van der Waals surface area contributed by atoms with Crippen LogP contribution in [-0.4, -0.2) is 23.7 Å². The smallest absolute Gasteiger partial charge is 0.287 e. The second kappa shape index (κ2) is 6.50. The van der Waals surface area contributed by atoms with Gasteiger partial charge in [-0.15, -0.1) is 0 Å². The van der Waals surface area contributed by atoms with Gasteiger partial charge < -0.3 is 14.8 Å². The van der Waals surface area contributed by atoms with Crippen molar-refractivity contribution in [2.75, 3.05) is 6.54 Å². The molecule has 1 aliphatic carbocycles. The van der Waals surface area contributed by atoms with Crippen molar-refractivity contribution >= 4 is 16.9 Å². The van der Waals surface area contributed by atoms with Crippen molar-refractivity contribution in [1.82, 2.24) is 5.32 Å². The third kappa shape index (κ3) is 3.42. The molecule has 0 spiro atoms. The molecular formula is C17H18FNO4. The number of hydrogen-bond acceptors (Lipinski definition) is 4. The second-order valence-corrected chi connectivity index (χ2v) is 5.94. The lowest BCUT2D eigenvalue weighted by Gasteiger charge is -2.27. The highest BCUT2D eigenvalue weighted by Crippen LogP contribution is 2.23. The van der Waals surface area contributed by atoms with E-state index in [1.165, 1.54) is 12.1 Å². The monoisotopic (exact) mass is 319 g/mol. The van der Waals surface area contributed by atoms with E-state index in [2.05, 4.69) is 5.32 Å². The van der Waals surface area contributed by atoms with Gasteiger partial charge in [0.25, 0.3) is 5.91 Å². The van der Waals surface area contributed by atoms with Gasteiger partial charge in [-0.25, -0.2) is 4.39 Å². The van der Waals surface area contributed by atoms with Crippen LogP contribution in [0.2, 0.25) is 0 Å². The fourth-order valence-electron chi connectivity index (χ4n) is 2.98. The van der Waals surface area contributed by atoms with Crippen LogP contribution in [0.3, 0.4) is 0 Å². The summed E-state index contributed by atoms with van der Waals surface area (Å²) in [5.74, 6) is -1.13. The van der Waals surface area contributed by atoms with E-state index in [-0.39, 0.29) is 22.6 Å². The predicted molar refractivity (Wildman–Crippen MR) is 82.7 cm³/mol. The van der Waals surface area contributed by atoms with E-state index in [0.717, 1.165) is 37.8 Å². The lowest BCUT2D eigenvalue weighted by atomic mass is 9.86. The third-order valence-corrected chi connectivity index (χ3v) is 4.31. The van der Waals surface area contributed by atoms with Crippen molar-refractivity contribution in [3.05, 3.63) is 46.1 Å². The number of carbonyl (C=O) groups excluding carboxylic acids is 1. The zero-order valence-corrected chi connectivity index (χ0v) is 12.5. The summed E-state index contributed by atoms with van der Waals surface area (Å²) in [5.41, 5.74) is -0.296. The maximum atomic E-state index is 13.2. The molecule has 5 nitrogen and oxygen atoms in total. The summed E-state index contributed by atoms with van der Waals surface area (Å²) in [5, 5.41) is 12.7. The summed E-state index contributed by atoms with van der Waals surface area (Å²) in [4.78, 5) is 24.1. The Balaban J connectivity index is 1.76. The highest BCUT2D eigenvalue weighted by Gasteiger charge is 2.24. The normalized spacial score (nSPS) is 21.3. The molecule has 1 amide bonds. The van der Waals surface area contributed by atoms with Crippen LogP contribution in [0.5, 0.6) is 0 Å².